The number of carbonyl (C=O) groups excluding carboxylic acids is 2. The summed E-state index contributed by atoms with van der Waals surface area (Å²) in [5.74, 6) is -1.23. The first-order valence-electron chi connectivity index (χ1n) is 10.6. The SMILES string of the molecule is O=C(N[C@H](Cc1ccccc1)C(=O)Nc1nnc(-c2ccc(Cl)cc2)s1)c1ccc(C(F)(F)F)cc1. The van der Waals surface area contributed by atoms with Gasteiger partial charge in [-0.05, 0) is 42.0 Å². The number of hydrogen-bond acceptors (Lipinski definition) is 5. The van der Waals surface area contributed by atoms with Crippen molar-refractivity contribution in [2.75, 3.05) is 5.32 Å². The Hall–Kier alpha value is -3.76. The van der Waals surface area contributed by atoms with Crippen molar-refractivity contribution in [2.45, 2.75) is 18.6 Å². The van der Waals surface area contributed by atoms with E-state index in [9.17, 15) is 22.8 Å². The predicted octanol–water partition coefficient (Wildman–Crippen LogP) is 5.86. The van der Waals surface area contributed by atoms with Crippen LogP contribution >= 0.6 is 22.9 Å². The Balaban J connectivity index is 1.50. The zero-order valence-electron chi connectivity index (χ0n) is 18.4. The molecule has 2 N–H and O–H groups in total. The first-order chi connectivity index (χ1) is 17.2. The van der Waals surface area contributed by atoms with Gasteiger partial charge in [-0.15, -0.1) is 10.2 Å². The average molecular weight is 531 g/mol. The van der Waals surface area contributed by atoms with Crippen molar-refractivity contribution in [3.05, 3.63) is 101 Å². The summed E-state index contributed by atoms with van der Waals surface area (Å²) in [6.07, 6.45) is -4.36. The van der Waals surface area contributed by atoms with Gasteiger partial charge in [0.1, 0.15) is 11.0 Å². The maximum absolute atomic E-state index is 13.1. The molecule has 1 atom stereocenters. The molecule has 4 rings (SSSR count). The molecule has 0 aliphatic rings. The fourth-order valence-corrected chi connectivity index (χ4v) is 4.16. The van der Waals surface area contributed by atoms with Crippen LogP contribution in [-0.4, -0.2) is 28.1 Å². The zero-order chi connectivity index (χ0) is 25.7. The second-order valence-corrected chi connectivity index (χ2v) is 9.11. The third-order valence-electron chi connectivity index (χ3n) is 5.13. The van der Waals surface area contributed by atoms with Gasteiger partial charge in [-0.2, -0.15) is 13.2 Å². The van der Waals surface area contributed by atoms with Gasteiger partial charge < -0.3 is 5.32 Å². The molecule has 0 saturated heterocycles. The Morgan fingerprint density at radius 1 is 0.917 bits per heavy atom. The number of hydrogen-bond donors (Lipinski definition) is 2. The molecule has 1 heterocycles. The Morgan fingerprint density at radius 3 is 2.22 bits per heavy atom. The molecule has 0 bridgehead atoms. The fourth-order valence-electron chi connectivity index (χ4n) is 3.29. The number of nitrogens with zero attached hydrogens (tertiary/aromatic N) is 2. The third-order valence-corrected chi connectivity index (χ3v) is 6.26. The Bertz CT molecular complexity index is 1340. The van der Waals surface area contributed by atoms with Crippen LogP contribution in [0.5, 0.6) is 0 Å². The number of halogens is 4. The molecular weight excluding hydrogens is 513 g/mol. The summed E-state index contributed by atoms with van der Waals surface area (Å²) in [5.41, 5.74) is 0.679. The number of rotatable bonds is 7. The van der Waals surface area contributed by atoms with Crippen molar-refractivity contribution in [3.63, 3.8) is 0 Å². The van der Waals surface area contributed by atoms with Crippen LogP contribution in [0.4, 0.5) is 18.3 Å². The van der Waals surface area contributed by atoms with E-state index >= 15 is 0 Å². The number of carbonyl (C=O) groups is 2. The van der Waals surface area contributed by atoms with Crippen LogP contribution in [0.3, 0.4) is 0 Å². The standard InChI is InChI=1S/C25H18ClF3N4O2S/c26-19-12-8-17(9-13-19)23-32-33-24(36-23)31-22(35)20(14-15-4-2-1-3-5-15)30-21(34)16-6-10-18(11-7-16)25(27,28)29/h1-13,20H,14H2,(H,30,34)(H,31,33,35)/t20-/m1/s1. The molecule has 0 aliphatic carbocycles. The third kappa shape index (κ3) is 6.46. The minimum absolute atomic E-state index is 0.00481. The second-order valence-electron chi connectivity index (χ2n) is 7.70. The molecule has 0 aliphatic heterocycles. The van der Waals surface area contributed by atoms with Crippen LogP contribution in [-0.2, 0) is 17.4 Å². The van der Waals surface area contributed by atoms with E-state index in [-0.39, 0.29) is 17.1 Å². The molecule has 0 unspecified atom stereocenters. The molecule has 11 heteroatoms. The van der Waals surface area contributed by atoms with Crippen molar-refractivity contribution in [1.82, 2.24) is 15.5 Å². The van der Waals surface area contributed by atoms with E-state index in [1.54, 1.807) is 48.5 Å². The average Bonchev–Trinajstić information content (AvgIpc) is 3.32. The van der Waals surface area contributed by atoms with Gasteiger partial charge in [0.15, 0.2) is 0 Å². The largest absolute Gasteiger partial charge is 0.416 e. The summed E-state index contributed by atoms with van der Waals surface area (Å²) < 4.78 is 38.5. The van der Waals surface area contributed by atoms with Gasteiger partial charge in [-0.1, -0.05) is 65.4 Å². The van der Waals surface area contributed by atoms with Gasteiger partial charge in [0.05, 0.1) is 5.56 Å². The normalized spacial score (nSPS) is 12.1. The van der Waals surface area contributed by atoms with Crippen molar-refractivity contribution in [2.24, 2.45) is 0 Å². The first-order valence-corrected chi connectivity index (χ1v) is 11.8. The summed E-state index contributed by atoms with van der Waals surface area (Å²) in [6.45, 7) is 0. The van der Waals surface area contributed by atoms with E-state index in [4.69, 9.17) is 11.6 Å². The van der Waals surface area contributed by atoms with E-state index in [0.717, 1.165) is 46.7 Å². The molecule has 4 aromatic rings. The van der Waals surface area contributed by atoms with E-state index in [1.165, 1.54) is 0 Å². The number of aromatic nitrogens is 2. The Kier molecular flexibility index (Phi) is 7.66. The van der Waals surface area contributed by atoms with Crippen LogP contribution in [0, 0.1) is 0 Å². The minimum atomic E-state index is -4.52. The highest BCUT2D eigenvalue weighted by atomic mass is 35.5. The van der Waals surface area contributed by atoms with Crippen LogP contribution in [0.1, 0.15) is 21.5 Å². The lowest BCUT2D eigenvalue weighted by atomic mass is 10.0. The Morgan fingerprint density at radius 2 is 1.58 bits per heavy atom. The number of alkyl halides is 3. The van der Waals surface area contributed by atoms with Crippen molar-refractivity contribution >= 4 is 39.9 Å². The molecule has 184 valence electrons. The molecule has 0 radical (unpaired) electrons. The molecule has 1 aromatic heterocycles. The topological polar surface area (TPSA) is 84.0 Å². The maximum Gasteiger partial charge on any atom is 0.416 e. The molecular formula is C25H18ClF3N4O2S. The van der Waals surface area contributed by atoms with Crippen molar-refractivity contribution in [3.8, 4) is 10.6 Å². The van der Waals surface area contributed by atoms with E-state index in [0.29, 0.717) is 10.0 Å². The van der Waals surface area contributed by atoms with Crippen LogP contribution < -0.4 is 10.6 Å². The van der Waals surface area contributed by atoms with Gasteiger partial charge in [0, 0.05) is 22.6 Å². The molecule has 36 heavy (non-hydrogen) atoms. The van der Waals surface area contributed by atoms with E-state index in [1.807, 2.05) is 6.07 Å². The highest BCUT2D eigenvalue weighted by Gasteiger charge is 2.30. The molecule has 6 nitrogen and oxygen atoms in total. The summed E-state index contributed by atoms with van der Waals surface area (Å²) in [6, 6.07) is 18.7. The Labute approximate surface area is 213 Å². The lowest BCUT2D eigenvalue weighted by molar-refractivity contribution is -0.137. The van der Waals surface area contributed by atoms with Crippen molar-refractivity contribution < 1.29 is 22.8 Å². The number of anilines is 1. The second kappa shape index (κ2) is 10.9. The van der Waals surface area contributed by atoms with Crippen LogP contribution in [0.15, 0.2) is 78.9 Å². The summed E-state index contributed by atoms with van der Waals surface area (Å²) in [7, 11) is 0. The fraction of sp³-hybridized carbons (Fsp3) is 0.120. The molecule has 3 aromatic carbocycles. The highest BCUT2D eigenvalue weighted by Crippen LogP contribution is 2.29. The van der Waals surface area contributed by atoms with E-state index in [2.05, 4.69) is 20.8 Å². The van der Waals surface area contributed by atoms with Gasteiger partial charge in [0.2, 0.25) is 11.0 Å². The quantitative estimate of drug-likeness (QED) is 0.313. The summed E-state index contributed by atoms with van der Waals surface area (Å²) in [5, 5.41) is 14.7. The molecule has 0 spiro atoms. The predicted molar refractivity (Wildman–Crippen MR) is 132 cm³/mol. The smallest absolute Gasteiger partial charge is 0.340 e. The lowest BCUT2D eigenvalue weighted by Gasteiger charge is -2.18. The number of nitrogens with one attached hydrogen (secondary N) is 2. The zero-order valence-corrected chi connectivity index (χ0v) is 20.0. The van der Waals surface area contributed by atoms with Crippen LogP contribution in [0.2, 0.25) is 5.02 Å². The molecule has 0 fully saturated rings. The van der Waals surface area contributed by atoms with Gasteiger partial charge in [-0.25, -0.2) is 0 Å². The summed E-state index contributed by atoms with van der Waals surface area (Å²) >= 11 is 7.06. The molecule has 0 saturated carbocycles. The van der Waals surface area contributed by atoms with Gasteiger partial charge in [0.25, 0.3) is 5.91 Å². The van der Waals surface area contributed by atoms with E-state index < -0.39 is 29.6 Å². The van der Waals surface area contributed by atoms with Gasteiger partial charge >= 0.3 is 6.18 Å². The monoisotopic (exact) mass is 530 g/mol. The highest BCUT2D eigenvalue weighted by molar-refractivity contribution is 7.18. The lowest BCUT2D eigenvalue weighted by Crippen LogP contribution is -2.45. The minimum Gasteiger partial charge on any atom is -0.340 e. The van der Waals surface area contributed by atoms with Gasteiger partial charge in [-0.3, -0.25) is 14.9 Å². The summed E-state index contributed by atoms with van der Waals surface area (Å²) in [4.78, 5) is 25.9. The number of amides is 2. The number of benzene rings is 3. The maximum atomic E-state index is 13.1. The molecule has 2 amide bonds. The van der Waals surface area contributed by atoms with Crippen molar-refractivity contribution in [1.29, 1.82) is 0 Å². The van der Waals surface area contributed by atoms with Crippen LogP contribution in [0.25, 0.3) is 10.6 Å². The first kappa shape index (κ1) is 25.3.